The van der Waals surface area contributed by atoms with Gasteiger partial charge in [-0.15, -0.1) is 0 Å². The van der Waals surface area contributed by atoms with Crippen LogP contribution in [0.25, 0.3) is 120 Å². The third-order valence-corrected chi connectivity index (χ3v) is 23.7. The summed E-state index contributed by atoms with van der Waals surface area (Å²) in [5.41, 5.74) is 15.8. The number of furan rings is 2. The normalized spacial score (nSPS) is 15.6. The summed E-state index contributed by atoms with van der Waals surface area (Å²) in [5.74, 6) is 0. The molecule has 3 aromatic heterocycles. The quantitative estimate of drug-likeness (QED) is 0.161. The van der Waals surface area contributed by atoms with Crippen molar-refractivity contribution in [2.24, 2.45) is 0 Å². The molecule has 0 fully saturated rings. The SMILES string of the molecule is C=I1(c2ccccc2)c2ccc(-c3ccc4oc5ccc(-c6ccccc6)cc5c4c3)cc2-c2ccc3c(sc4ccc(-c5ccc6oc7ccc(-c8ccccc8)cc7c6c5)cc43)c21. The van der Waals surface area contributed by atoms with Gasteiger partial charge in [-0.25, -0.2) is 0 Å². The maximum atomic E-state index is 6.37. The fourth-order valence-corrected chi connectivity index (χ4v) is 20.9. The summed E-state index contributed by atoms with van der Waals surface area (Å²) >= 11 is -1.37. The van der Waals surface area contributed by atoms with Gasteiger partial charge < -0.3 is 0 Å². The van der Waals surface area contributed by atoms with Gasteiger partial charge in [-0.2, -0.15) is 0 Å². The summed E-state index contributed by atoms with van der Waals surface area (Å²) in [5, 5.41) is 7.13. The van der Waals surface area contributed by atoms with Crippen molar-refractivity contribution in [2.75, 3.05) is 0 Å². The van der Waals surface area contributed by atoms with Crippen molar-refractivity contribution in [1.82, 2.24) is 0 Å². The summed E-state index contributed by atoms with van der Waals surface area (Å²) in [6.07, 6.45) is 0. The van der Waals surface area contributed by atoms with Crippen LogP contribution in [-0.2, 0) is 0 Å². The van der Waals surface area contributed by atoms with Crippen LogP contribution in [0.3, 0.4) is 0 Å². The molecule has 1 unspecified atom stereocenters. The predicted molar refractivity (Wildman–Crippen MR) is 285 cm³/mol. The Balaban J connectivity index is 0.903. The number of hydrogen-bond acceptors (Lipinski definition) is 3. The van der Waals surface area contributed by atoms with E-state index in [-0.39, 0.29) is 0 Å². The Bertz CT molecular complexity index is 4140. The molecule has 4 heteroatoms. The van der Waals surface area contributed by atoms with E-state index in [0.717, 1.165) is 43.9 Å². The van der Waals surface area contributed by atoms with E-state index in [2.05, 4.69) is 212 Å². The van der Waals surface area contributed by atoms with Crippen LogP contribution < -0.4 is 0 Å². The second-order valence-electron chi connectivity index (χ2n) is 17.1. The number of fused-ring (bicyclic) bond motifs is 13. The third kappa shape index (κ3) is 5.60. The van der Waals surface area contributed by atoms with Gasteiger partial charge in [0.25, 0.3) is 0 Å². The van der Waals surface area contributed by atoms with Crippen molar-refractivity contribution in [3.63, 3.8) is 0 Å². The topological polar surface area (TPSA) is 26.3 Å². The van der Waals surface area contributed by atoms with Crippen LogP contribution in [0.15, 0.2) is 221 Å². The fraction of sp³-hybridized carbons (Fsp3) is 0. The van der Waals surface area contributed by atoms with E-state index >= 15 is 0 Å². The van der Waals surface area contributed by atoms with Crippen LogP contribution in [0, 0.1) is 10.7 Å². The number of halogens is 1. The molecule has 0 radical (unpaired) electrons. The van der Waals surface area contributed by atoms with Gasteiger partial charge in [-0.05, 0) is 5.56 Å². The molecule has 0 saturated heterocycles. The van der Waals surface area contributed by atoms with Crippen LogP contribution in [0.5, 0.6) is 0 Å². The number of hydrogen-bond donors (Lipinski definition) is 0. The predicted octanol–water partition coefficient (Wildman–Crippen LogP) is 17.9. The maximum absolute atomic E-state index is 6.37. The summed E-state index contributed by atoms with van der Waals surface area (Å²) in [4.78, 5) is 0. The molecule has 0 spiro atoms. The zero-order chi connectivity index (χ0) is 42.8. The average molecular weight is 961 g/mol. The van der Waals surface area contributed by atoms with Crippen LogP contribution >= 0.6 is 29.3 Å². The molecule has 10 aromatic carbocycles. The van der Waals surface area contributed by atoms with Crippen molar-refractivity contribution < 1.29 is 8.83 Å². The summed E-state index contributed by atoms with van der Waals surface area (Å²) < 4.78 is 25.0. The average Bonchev–Trinajstić information content (AvgIpc) is 4.11. The van der Waals surface area contributed by atoms with E-state index in [9.17, 15) is 0 Å². The van der Waals surface area contributed by atoms with Gasteiger partial charge >= 0.3 is 325 Å². The second-order valence-corrected chi connectivity index (χ2v) is 25.5. The minimum atomic E-state index is -3.30. The van der Waals surface area contributed by atoms with Gasteiger partial charge in [-0.3, -0.25) is 0 Å². The monoisotopic (exact) mass is 960 g/mol. The van der Waals surface area contributed by atoms with Gasteiger partial charge in [0.1, 0.15) is 0 Å². The van der Waals surface area contributed by atoms with Crippen molar-refractivity contribution in [3.05, 3.63) is 223 Å². The zero-order valence-corrected chi connectivity index (χ0v) is 38.0. The standard InChI is InChI=1S/C61H37IO2S/c1-62(45-15-9-4-10-16-45)54-25-17-41(42-20-28-57-51(34-42)49-32-39(18-26-55(49)63-57)37-11-5-2-6-12-37)31-48(54)46-23-24-47-53-36-44(22-30-59(53)65-61(47)60(46)62)43-21-29-58-52(35-43)50-33-40(19-27-56(50)64-58)38-13-7-3-8-14-38/h2-36H,1H2. The number of thiophene rings is 1. The van der Waals surface area contributed by atoms with Gasteiger partial charge in [0.2, 0.25) is 0 Å². The first-order valence-corrected chi connectivity index (χ1v) is 27.5. The van der Waals surface area contributed by atoms with E-state index in [4.69, 9.17) is 13.3 Å². The Morgan fingerprint density at radius 1 is 0.338 bits per heavy atom. The molecule has 14 rings (SSSR count). The number of benzene rings is 10. The van der Waals surface area contributed by atoms with E-state index in [1.54, 1.807) is 0 Å². The summed E-state index contributed by atoms with van der Waals surface area (Å²) in [7, 11) is 0. The first kappa shape index (κ1) is 37.0. The van der Waals surface area contributed by atoms with Gasteiger partial charge in [-0.1, -0.05) is 54.6 Å². The molecule has 0 bridgehead atoms. The van der Waals surface area contributed by atoms with Crippen LogP contribution in [0.2, 0.25) is 0 Å². The molecular formula is C61H37IO2S. The van der Waals surface area contributed by atoms with Crippen molar-refractivity contribution >= 4 is 97.9 Å². The van der Waals surface area contributed by atoms with Crippen LogP contribution in [0.1, 0.15) is 0 Å². The molecule has 4 heterocycles. The Morgan fingerprint density at radius 3 is 1.29 bits per heavy atom. The van der Waals surface area contributed by atoms with E-state index in [1.807, 2.05) is 11.3 Å². The zero-order valence-electron chi connectivity index (χ0n) is 35.0. The molecular weight excluding hydrogens is 924 g/mol. The molecule has 65 heavy (non-hydrogen) atoms. The molecule has 1 atom stereocenters. The first-order chi connectivity index (χ1) is 32.0. The van der Waals surface area contributed by atoms with Crippen LogP contribution in [0.4, 0.5) is 0 Å². The number of rotatable bonds is 5. The van der Waals surface area contributed by atoms with Gasteiger partial charge in [0.05, 0.1) is 0 Å². The first-order valence-electron chi connectivity index (χ1n) is 21.9. The van der Waals surface area contributed by atoms with E-state index in [1.165, 1.54) is 86.5 Å². The molecule has 1 aliphatic rings. The molecule has 0 N–H and O–H groups in total. The molecule has 306 valence electrons. The molecule has 0 amide bonds. The Hall–Kier alpha value is -7.38. The molecule has 1 aliphatic heterocycles. The Labute approximate surface area is 382 Å². The fourth-order valence-electron chi connectivity index (χ4n) is 10.2. The van der Waals surface area contributed by atoms with Crippen molar-refractivity contribution in [3.8, 4) is 55.6 Å². The molecule has 0 saturated carbocycles. The molecule has 13 aromatic rings. The van der Waals surface area contributed by atoms with Crippen molar-refractivity contribution in [1.29, 1.82) is 0 Å². The summed E-state index contributed by atoms with van der Waals surface area (Å²) in [6.45, 7) is 0. The van der Waals surface area contributed by atoms with Gasteiger partial charge in [0, 0.05) is 0 Å². The van der Waals surface area contributed by atoms with E-state index in [0.29, 0.717) is 0 Å². The van der Waals surface area contributed by atoms with Crippen molar-refractivity contribution in [2.45, 2.75) is 0 Å². The van der Waals surface area contributed by atoms with Gasteiger partial charge in [0.15, 0.2) is 0 Å². The third-order valence-electron chi connectivity index (χ3n) is 13.4. The van der Waals surface area contributed by atoms with Crippen LogP contribution in [-0.4, -0.2) is 4.51 Å². The minimum absolute atomic E-state index is 0.902. The second kappa shape index (κ2) is 14.1. The Kier molecular flexibility index (Phi) is 8.01. The molecule has 2 nitrogen and oxygen atoms in total. The molecule has 0 aliphatic carbocycles. The summed E-state index contributed by atoms with van der Waals surface area (Å²) in [6, 6.07) is 77.5. The Morgan fingerprint density at radius 2 is 0.769 bits per heavy atom. The van der Waals surface area contributed by atoms with E-state index < -0.39 is 18.0 Å².